The number of piperidine rings is 2. The standard InChI is InChI=1S/C35H39Cl2N3O2/c1-38-33(42)31(37)29-24-28(14-15-30(29)36)34(17-9-21-40(25-34)32(41)26-10-4-2-5-11-26)16-8-20-39-22-18-35(38,19-23-39)27-12-6-3-7-13-27/h2-7,10-15,24,31H,8-9,16-23,25H2,1H3/t31?,34-/m0/s1. The molecule has 0 saturated carbocycles. The van der Waals surface area contributed by atoms with Crippen molar-refractivity contribution in [3.05, 3.63) is 106 Å². The number of likely N-dealkylation sites (tertiary alicyclic amines) is 1. The van der Waals surface area contributed by atoms with E-state index in [1.54, 1.807) is 0 Å². The number of alkyl halides is 1. The monoisotopic (exact) mass is 603 g/mol. The minimum atomic E-state index is -0.910. The Balaban J connectivity index is 1.39. The predicted molar refractivity (Wildman–Crippen MR) is 169 cm³/mol. The first-order valence-corrected chi connectivity index (χ1v) is 16.0. The van der Waals surface area contributed by atoms with Crippen molar-refractivity contribution in [3.63, 3.8) is 0 Å². The lowest BCUT2D eigenvalue weighted by atomic mass is 9.70. The largest absolute Gasteiger partial charge is 0.338 e. The SMILES string of the molecule is CN1C(=O)C(Cl)c2cc(ccc2Cl)[C@@]2(CCCN3CCC1(c1ccccc1)CC3)CCCN(C(=O)c1ccccc1)C2. The Morgan fingerprint density at radius 3 is 2.14 bits per heavy atom. The average molecular weight is 605 g/mol. The summed E-state index contributed by atoms with van der Waals surface area (Å²) in [6.45, 7) is 4.20. The molecule has 3 aromatic rings. The third kappa shape index (κ3) is 5.36. The van der Waals surface area contributed by atoms with Crippen molar-refractivity contribution in [3.8, 4) is 0 Å². The first-order chi connectivity index (χ1) is 20.3. The number of hydrogen-bond donors (Lipinski definition) is 0. The highest BCUT2D eigenvalue weighted by Gasteiger charge is 2.45. The molecule has 7 heteroatoms. The molecular weight excluding hydrogens is 565 g/mol. The molecule has 0 aliphatic carbocycles. The zero-order chi connectivity index (χ0) is 29.3. The molecule has 42 heavy (non-hydrogen) atoms. The van der Waals surface area contributed by atoms with Gasteiger partial charge in [0, 0.05) is 49.2 Å². The summed E-state index contributed by atoms with van der Waals surface area (Å²) in [5.74, 6) is -0.0628. The second-order valence-corrected chi connectivity index (χ2v) is 13.2. The summed E-state index contributed by atoms with van der Waals surface area (Å²) in [5.41, 5.74) is 2.98. The molecule has 2 fully saturated rings. The average Bonchev–Trinajstić information content (AvgIpc) is 3.04. The van der Waals surface area contributed by atoms with Crippen molar-refractivity contribution in [2.75, 3.05) is 39.8 Å². The number of hydrogen-bond acceptors (Lipinski definition) is 3. The molecule has 0 radical (unpaired) electrons. The number of carbonyl (C=O) groups excluding carboxylic acids is 2. The van der Waals surface area contributed by atoms with Crippen LogP contribution in [0.15, 0.2) is 78.9 Å². The van der Waals surface area contributed by atoms with E-state index in [1.807, 2.05) is 71.4 Å². The zero-order valence-electron chi connectivity index (χ0n) is 24.3. The van der Waals surface area contributed by atoms with E-state index in [0.717, 1.165) is 81.4 Å². The molecular formula is C35H39Cl2N3O2. The van der Waals surface area contributed by atoms with Crippen LogP contribution in [-0.2, 0) is 15.7 Å². The van der Waals surface area contributed by atoms with Gasteiger partial charge in [0.25, 0.3) is 5.91 Å². The summed E-state index contributed by atoms with van der Waals surface area (Å²) in [6, 6.07) is 26.0. The van der Waals surface area contributed by atoms with Crippen LogP contribution in [0.1, 0.15) is 71.0 Å². The van der Waals surface area contributed by atoms with E-state index < -0.39 is 10.9 Å². The number of carbonyl (C=O) groups is 2. The summed E-state index contributed by atoms with van der Waals surface area (Å²) in [5, 5.41) is -0.411. The van der Waals surface area contributed by atoms with Crippen LogP contribution >= 0.6 is 23.2 Å². The first kappa shape index (κ1) is 29.2. The summed E-state index contributed by atoms with van der Waals surface area (Å²) in [7, 11) is 1.90. The van der Waals surface area contributed by atoms with Crippen molar-refractivity contribution in [2.24, 2.45) is 0 Å². The fraction of sp³-hybridized carbons (Fsp3) is 0.429. The molecule has 0 aromatic heterocycles. The number of nitrogens with zero attached hydrogens (tertiary/aromatic N) is 3. The van der Waals surface area contributed by atoms with Gasteiger partial charge in [-0.2, -0.15) is 0 Å². The lowest BCUT2D eigenvalue weighted by Crippen LogP contribution is -2.54. The van der Waals surface area contributed by atoms with Crippen molar-refractivity contribution in [2.45, 2.75) is 54.9 Å². The van der Waals surface area contributed by atoms with Gasteiger partial charge < -0.3 is 14.7 Å². The number of benzene rings is 3. The van der Waals surface area contributed by atoms with Gasteiger partial charge in [0.15, 0.2) is 0 Å². The fourth-order valence-corrected chi connectivity index (χ4v) is 8.20. The maximum atomic E-state index is 14.2. The molecule has 4 aliphatic rings. The molecule has 2 atom stereocenters. The van der Waals surface area contributed by atoms with E-state index >= 15 is 0 Å². The van der Waals surface area contributed by atoms with E-state index in [1.165, 1.54) is 0 Å². The van der Waals surface area contributed by atoms with Crippen LogP contribution in [0.2, 0.25) is 5.02 Å². The van der Waals surface area contributed by atoms with Gasteiger partial charge in [0.2, 0.25) is 5.91 Å². The highest BCUT2D eigenvalue weighted by molar-refractivity contribution is 6.35. The maximum absolute atomic E-state index is 14.2. The highest BCUT2D eigenvalue weighted by Crippen LogP contribution is 2.45. The molecule has 0 N–H and O–H groups in total. The van der Waals surface area contributed by atoms with E-state index in [2.05, 4.69) is 29.2 Å². The second-order valence-electron chi connectivity index (χ2n) is 12.3. The van der Waals surface area contributed by atoms with Gasteiger partial charge in [-0.05, 0) is 80.0 Å². The van der Waals surface area contributed by atoms with Gasteiger partial charge in [-0.3, -0.25) is 9.59 Å². The smallest absolute Gasteiger partial charge is 0.253 e. The van der Waals surface area contributed by atoms with E-state index in [0.29, 0.717) is 17.1 Å². The molecule has 1 unspecified atom stereocenters. The van der Waals surface area contributed by atoms with E-state index in [-0.39, 0.29) is 17.2 Å². The van der Waals surface area contributed by atoms with Crippen LogP contribution in [0, 0.1) is 0 Å². The fourth-order valence-electron chi connectivity index (χ4n) is 7.59. The summed E-state index contributed by atoms with van der Waals surface area (Å²) in [4.78, 5) is 34.2. The zero-order valence-corrected chi connectivity index (χ0v) is 25.8. The predicted octanol–water partition coefficient (Wildman–Crippen LogP) is 7.04. The lowest BCUT2D eigenvalue weighted by Gasteiger charge is -2.49. The molecule has 1 spiro atoms. The Labute approximate surface area is 259 Å². The quantitative estimate of drug-likeness (QED) is 0.295. The normalized spacial score (nSPS) is 28.5. The Kier molecular flexibility index (Phi) is 8.37. The minimum absolute atomic E-state index is 0.0728. The summed E-state index contributed by atoms with van der Waals surface area (Å²) >= 11 is 13.9. The molecule has 7 rings (SSSR count). The van der Waals surface area contributed by atoms with Crippen LogP contribution < -0.4 is 0 Å². The van der Waals surface area contributed by atoms with Gasteiger partial charge >= 0.3 is 0 Å². The third-order valence-electron chi connectivity index (χ3n) is 10.1. The van der Waals surface area contributed by atoms with Crippen LogP contribution in [-0.4, -0.2) is 66.3 Å². The number of halogens is 2. The van der Waals surface area contributed by atoms with E-state index in [4.69, 9.17) is 23.2 Å². The Hall–Kier alpha value is -2.86. The van der Waals surface area contributed by atoms with Crippen LogP contribution in [0.25, 0.3) is 0 Å². The summed E-state index contributed by atoms with van der Waals surface area (Å²) in [6.07, 6.45) is 5.58. The molecule has 3 aromatic carbocycles. The highest BCUT2D eigenvalue weighted by atomic mass is 35.5. The molecule has 2 amide bonds. The van der Waals surface area contributed by atoms with Crippen LogP contribution in [0.3, 0.4) is 0 Å². The molecule has 2 saturated heterocycles. The van der Waals surface area contributed by atoms with Crippen LogP contribution in [0.4, 0.5) is 0 Å². The maximum Gasteiger partial charge on any atom is 0.253 e. The first-order valence-electron chi connectivity index (χ1n) is 15.2. The molecule has 4 aliphatic heterocycles. The molecule has 4 heterocycles. The van der Waals surface area contributed by atoms with Crippen molar-refractivity contribution in [1.82, 2.24) is 14.7 Å². The number of likely N-dealkylation sites (N-methyl/N-ethyl adjacent to an activating group) is 1. The van der Waals surface area contributed by atoms with Gasteiger partial charge in [-0.15, -0.1) is 11.6 Å². The number of rotatable bonds is 2. The van der Waals surface area contributed by atoms with Crippen LogP contribution in [0.5, 0.6) is 0 Å². The second kappa shape index (κ2) is 12.0. The third-order valence-corrected chi connectivity index (χ3v) is 10.8. The topological polar surface area (TPSA) is 43.9 Å². The van der Waals surface area contributed by atoms with Crippen molar-refractivity contribution >= 4 is 35.0 Å². The number of fused-ring (bicyclic) bond motifs is 6. The van der Waals surface area contributed by atoms with Gasteiger partial charge in [-0.25, -0.2) is 0 Å². The summed E-state index contributed by atoms with van der Waals surface area (Å²) < 4.78 is 0. The van der Waals surface area contributed by atoms with E-state index in [9.17, 15) is 9.59 Å². The molecule has 5 nitrogen and oxygen atoms in total. The van der Waals surface area contributed by atoms with Crippen molar-refractivity contribution < 1.29 is 9.59 Å². The van der Waals surface area contributed by atoms with Gasteiger partial charge in [0.1, 0.15) is 5.38 Å². The Morgan fingerprint density at radius 1 is 0.810 bits per heavy atom. The molecule has 4 bridgehead atoms. The number of amides is 2. The Bertz CT molecular complexity index is 1420. The lowest BCUT2D eigenvalue weighted by molar-refractivity contribution is -0.138. The molecule has 220 valence electrons. The van der Waals surface area contributed by atoms with Gasteiger partial charge in [-0.1, -0.05) is 72.3 Å². The van der Waals surface area contributed by atoms with Crippen molar-refractivity contribution in [1.29, 1.82) is 0 Å². The Morgan fingerprint density at radius 2 is 1.45 bits per heavy atom. The van der Waals surface area contributed by atoms with Gasteiger partial charge in [0.05, 0.1) is 5.54 Å². The minimum Gasteiger partial charge on any atom is -0.338 e.